The molecule has 0 saturated heterocycles. The van der Waals surface area contributed by atoms with E-state index in [2.05, 4.69) is 9.72 Å². The fourth-order valence-corrected chi connectivity index (χ4v) is 1.96. The zero-order valence-corrected chi connectivity index (χ0v) is 11.6. The third kappa shape index (κ3) is 4.51. The molecule has 1 aromatic heterocycles. The molecule has 0 fully saturated rings. The van der Waals surface area contributed by atoms with E-state index < -0.39 is 32.7 Å². The van der Waals surface area contributed by atoms with Crippen LogP contribution in [0.2, 0.25) is 5.15 Å². The maximum Gasteiger partial charge on any atom is 0.422 e. The van der Waals surface area contributed by atoms with Gasteiger partial charge in [0.25, 0.3) is 0 Å². The molecule has 1 aromatic rings. The van der Waals surface area contributed by atoms with Gasteiger partial charge in [-0.2, -0.15) is 8.42 Å². The summed E-state index contributed by atoms with van der Waals surface area (Å²) in [5, 5.41) is 10.6. The molecular weight excluding hydrogens is 316 g/mol. The van der Waals surface area contributed by atoms with E-state index in [1.165, 1.54) is 11.6 Å². The maximum atomic E-state index is 11.5. The van der Waals surface area contributed by atoms with Crippen LogP contribution in [-0.4, -0.2) is 31.0 Å². The van der Waals surface area contributed by atoms with Crippen molar-refractivity contribution < 1.29 is 22.9 Å². The lowest BCUT2D eigenvalue weighted by molar-refractivity contribution is -0.384. The van der Waals surface area contributed by atoms with Crippen molar-refractivity contribution in [1.29, 1.82) is 0 Å². The van der Waals surface area contributed by atoms with Gasteiger partial charge in [-0.25, -0.2) is 19.2 Å². The Morgan fingerprint density at radius 1 is 1.55 bits per heavy atom. The van der Waals surface area contributed by atoms with Crippen LogP contribution in [-0.2, 0) is 14.9 Å². The average Bonchev–Trinajstić information content (AvgIpc) is 2.26. The third-order valence-corrected chi connectivity index (χ3v) is 2.87. The number of halogens is 1. The lowest BCUT2D eigenvalue weighted by Gasteiger charge is -2.08. The number of hydrogen-bond acceptors (Lipinski definition) is 7. The van der Waals surface area contributed by atoms with Gasteiger partial charge in [-0.05, 0) is 13.0 Å². The van der Waals surface area contributed by atoms with Crippen LogP contribution in [0.25, 0.3) is 0 Å². The van der Waals surface area contributed by atoms with Gasteiger partial charge in [-0.3, -0.25) is 10.1 Å². The van der Waals surface area contributed by atoms with Crippen LogP contribution in [0, 0.1) is 10.1 Å². The molecule has 0 unspecified atom stereocenters. The standard InChI is InChI=1S/C8H9ClN4O6S/c1-2-19-8(14)12-20(17,18)11-7-5(13(15)16)3-4-6(9)10-7/h3-4H,2H2,1H3,(H,10,11)(H,12,14). The first kappa shape index (κ1) is 15.9. The SMILES string of the molecule is CCOC(=O)NS(=O)(=O)Nc1nc(Cl)ccc1[N+](=O)[O-]. The molecular formula is C8H9ClN4O6S. The quantitative estimate of drug-likeness (QED) is 0.468. The lowest BCUT2D eigenvalue weighted by atomic mass is 10.4. The largest absolute Gasteiger partial charge is 0.449 e. The van der Waals surface area contributed by atoms with E-state index in [1.807, 2.05) is 0 Å². The van der Waals surface area contributed by atoms with Crippen molar-refractivity contribution in [3.05, 3.63) is 27.4 Å². The molecule has 10 nitrogen and oxygen atoms in total. The summed E-state index contributed by atoms with van der Waals surface area (Å²) in [6, 6.07) is 2.09. The Balaban J connectivity index is 3.00. The summed E-state index contributed by atoms with van der Waals surface area (Å²) in [4.78, 5) is 24.3. The summed E-state index contributed by atoms with van der Waals surface area (Å²) < 4.78 is 30.7. The number of nitro groups is 1. The van der Waals surface area contributed by atoms with Gasteiger partial charge in [-0.15, -0.1) is 0 Å². The fourth-order valence-electron chi connectivity index (χ4n) is 1.07. The molecule has 20 heavy (non-hydrogen) atoms. The number of aromatic nitrogens is 1. The van der Waals surface area contributed by atoms with Crippen LogP contribution in [0.15, 0.2) is 12.1 Å². The third-order valence-electron chi connectivity index (χ3n) is 1.76. The molecule has 12 heteroatoms. The Bertz CT molecular complexity index is 634. The van der Waals surface area contributed by atoms with E-state index in [4.69, 9.17) is 11.6 Å². The van der Waals surface area contributed by atoms with Gasteiger partial charge in [0.1, 0.15) is 5.15 Å². The van der Waals surface area contributed by atoms with Gasteiger partial charge in [0, 0.05) is 6.07 Å². The van der Waals surface area contributed by atoms with Gasteiger partial charge in [0.05, 0.1) is 11.5 Å². The first-order valence-corrected chi connectivity index (χ1v) is 6.89. The van der Waals surface area contributed by atoms with Crippen LogP contribution < -0.4 is 9.44 Å². The van der Waals surface area contributed by atoms with Gasteiger partial charge < -0.3 is 4.74 Å². The molecule has 1 heterocycles. The molecule has 2 N–H and O–H groups in total. The highest BCUT2D eigenvalue weighted by Gasteiger charge is 2.22. The van der Waals surface area contributed by atoms with E-state index in [9.17, 15) is 23.3 Å². The van der Waals surface area contributed by atoms with E-state index in [0.29, 0.717) is 0 Å². The second-order valence-corrected chi connectivity index (χ2v) is 4.99. The van der Waals surface area contributed by atoms with Crippen LogP contribution >= 0.6 is 11.6 Å². The number of carbonyl (C=O) groups excluding carboxylic acids is 1. The van der Waals surface area contributed by atoms with Crippen LogP contribution in [0.3, 0.4) is 0 Å². The molecule has 0 saturated carbocycles. The highest BCUT2D eigenvalue weighted by molar-refractivity contribution is 7.91. The average molecular weight is 325 g/mol. The second kappa shape index (κ2) is 6.34. The number of nitrogens with one attached hydrogen (secondary N) is 2. The molecule has 1 rings (SSSR count). The van der Waals surface area contributed by atoms with Crippen LogP contribution in [0.1, 0.15) is 6.92 Å². The predicted molar refractivity (Wildman–Crippen MR) is 68.6 cm³/mol. The maximum absolute atomic E-state index is 11.5. The number of amides is 1. The number of carbonyl (C=O) groups is 1. The number of nitrogens with zero attached hydrogens (tertiary/aromatic N) is 2. The van der Waals surface area contributed by atoms with E-state index in [-0.39, 0.29) is 11.8 Å². The highest BCUT2D eigenvalue weighted by atomic mass is 35.5. The molecule has 0 spiro atoms. The van der Waals surface area contributed by atoms with E-state index in [1.54, 1.807) is 4.72 Å². The van der Waals surface area contributed by atoms with Crippen molar-refractivity contribution >= 4 is 39.4 Å². The molecule has 0 atom stereocenters. The minimum Gasteiger partial charge on any atom is -0.449 e. The topological polar surface area (TPSA) is 141 Å². The van der Waals surface area contributed by atoms with Crippen molar-refractivity contribution in [3.8, 4) is 0 Å². The van der Waals surface area contributed by atoms with Crippen molar-refractivity contribution in [2.24, 2.45) is 0 Å². The van der Waals surface area contributed by atoms with Crippen molar-refractivity contribution in [1.82, 2.24) is 9.71 Å². The first-order valence-electron chi connectivity index (χ1n) is 5.03. The Morgan fingerprint density at radius 3 is 2.75 bits per heavy atom. The molecule has 0 aliphatic carbocycles. The molecule has 0 aliphatic heterocycles. The van der Waals surface area contributed by atoms with Crippen molar-refractivity contribution in [3.63, 3.8) is 0 Å². The Hall–Kier alpha value is -2.14. The van der Waals surface area contributed by atoms with Gasteiger partial charge in [-0.1, -0.05) is 11.6 Å². The van der Waals surface area contributed by atoms with Gasteiger partial charge >= 0.3 is 22.0 Å². The number of ether oxygens (including phenoxy) is 1. The number of rotatable bonds is 5. The van der Waals surface area contributed by atoms with Crippen LogP contribution in [0.5, 0.6) is 0 Å². The molecule has 0 bridgehead atoms. The zero-order chi connectivity index (χ0) is 15.3. The summed E-state index contributed by atoms with van der Waals surface area (Å²) in [6.45, 7) is 1.43. The highest BCUT2D eigenvalue weighted by Crippen LogP contribution is 2.24. The van der Waals surface area contributed by atoms with Crippen LogP contribution in [0.4, 0.5) is 16.3 Å². The minimum atomic E-state index is -4.43. The minimum absolute atomic E-state index is 0.0447. The number of anilines is 1. The molecule has 0 radical (unpaired) electrons. The summed E-state index contributed by atoms with van der Waals surface area (Å²) in [5.74, 6) is -0.626. The van der Waals surface area contributed by atoms with E-state index >= 15 is 0 Å². The smallest absolute Gasteiger partial charge is 0.422 e. The molecule has 1 amide bonds. The lowest BCUT2D eigenvalue weighted by Crippen LogP contribution is -2.36. The molecule has 110 valence electrons. The van der Waals surface area contributed by atoms with Crippen molar-refractivity contribution in [2.45, 2.75) is 6.92 Å². The Kier molecular flexibility index (Phi) is 5.05. The summed E-state index contributed by atoms with van der Waals surface area (Å²) >= 11 is 5.53. The summed E-state index contributed by atoms with van der Waals surface area (Å²) in [5.41, 5.74) is -0.622. The molecule has 0 aromatic carbocycles. The van der Waals surface area contributed by atoms with Gasteiger partial charge in [0.2, 0.25) is 5.82 Å². The first-order chi connectivity index (χ1) is 9.25. The molecule has 0 aliphatic rings. The number of hydrogen-bond donors (Lipinski definition) is 2. The predicted octanol–water partition coefficient (Wildman–Crippen LogP) is 1.05. The van der Waals surface area contributed by atoms with Crippen molar-refractivity contribution in [2.75, 3.05) is 11.3 Å². The zero-order valence-electron chi connectivity index (χ0n) is 9.99. The van der Waals surface area contributed by atoms with E-state index in [0.717, 1.165) is 12.1 Å². The normalized spacial score (nSPS) is 10.7. The number of pyridine rings is 1. The Morgan fingerprint density at radius 2 is 2.20 bits per heavy atom. The monoisotopic (exact) mass is 324 g/mol. The Labute approximate surface area is 118 Å². The summed E-state index contributed by atoms with van der Waals surface area (Å²) in [7, 11) is -4.43. The summed E-state index contributed by atoms with van der Waals surface area (Å²) in [6.07, 6.45) is -1.23. The second-order valence-electron chi connectivity index (χ2n) is 3.19. The fraction of sp³-hybridized carbons (Fsp3) is 0.250. The van der Waals surface area contributed by atoms with Gasteiger partial charge in [0.15, 0.2) is 0 Å².